The first kappa shape index (κ1) is 14.6. The van der Waals surface area contributed by atoms with Gasteiger partial charge >= 0.3 is 0 Å². The fourth-order valence-electron chi connectivity index (χ4n) is 1.16. The first-order chi connectivity index (χ1) is 7.74. The molecule has 4 nitrogen and oxygen atoms in total. The second-order valence-corrected chi connectivity index (χ2v) is 7.93. The summed E-state index contributed by atoms with van der Waals surface area (Å²) in [7, 11) is -1.52. The van der Waals surface area contributed by atoms with E-state index in [2.05, 4.69) is 10.0 Å². The van der Waals surface area contributed by atoms with Crippen LogP contribution in [0.5, 0.6) is 0 Å². The highest BCUT2D eigenvalue weighted by Crippen LogP contribution is 2.20. The Morgan fingerprint density at radius 1 is 1.35 bits per heavy atom. The van der Waals surface area contributed by atoms with Gasteiger partial charge in [0.1, 0.15) is 0 Å². The molecule has 1 aromatic heterocycles. The monoisotopic (exact) mass is 276 g/mol. The molecular weight excluding hydrogens is 256 g/mol. The average Bonchev–Trinajstić information content (AvgIpc) is 2.64. The van der Waals surface area contributed by atoms with E-state index in [1.807, 2.05) is 27.8 Å². The van der Waals surface area contributed by atoms with Gasteiger partial charge in [-0.05, 0) is 18.5 Å². The van der Waals surface area contributed by atoms with Crippen molar-refractivity contribution in [3.63, 3.8) is 0 Å². The Bertz CT molecular complexity index is 458. The van der Waals surface area contributed by atoms with E-state index in [9.17, 15) is 8.42 Å². The molecule has 17 heavy (non-hydrogen) atoms. The predicted octanol–water partition coefficient (Wildman–Crippen LogP) is 1.79. The molecule has 0 aliphatic carbocycles. The summed E-state index contributed by atoms with van der Waals surface area (Å²) in [6.45, 7) is 7.12. The molecule has 0 atom stereocenters. The molecule has 0 saturated heterocycles. The normalized spacial score (nSPS) is 12.9. The second-order valence-electron chi connectivity index (χ2n) is 5.16. The fraction of sp³-hybridized carbons (Fsp3) is 0.636. The van der Waals surface area contributed by atoms with E-state index in [4.69, 9.17) is 0 Å². The maximum absolute atomic E-state index is 12.0. The van der Waals surface area contributed by atoms with Crippen molar-refractivity contribution in [2.24, 2.45) is 5.41 Å². The van der Waals surface area contributed by atoms with E-state index >= 15 is 0 Å². The summed E-state index contributed by atoms with van der Waals surface area (Å²) in [6, 6.07) is 1.71. The van der Waals surface area contributed by atoms with E-state index in [1.165, 1.54) is 11.3 Å². The molecule has 0 aliphatic rings. The van der Waals surface area contributed by atoms with Gasteiger partial charge in [-0.2, -0.15) is 0 Å². The van der Waals surface area contributed by atoms with Gasteiger partial charge in [0.05, 0.1) is 4.90 Å². The van der Waals surface area contributed by atoms with Crippen LogP contribution in [0.3, 0.4) is 0 Å². The highest BCUT2D eigenvalue weighted by molar-refractivity contribution is 7.89. The molecule has 1 heterocycles. The smallest absolute Gasteiger partial charge is 0.241 e. The summed E-state index contributed by atoms with van der Waals surface area (Å²) < 4.78 is 26.6. The lowest BCUT2D eigenvalue weighted by Crippen LogP contribution is -2.32. The molecule has 1 rings (SSSR count). The number of thiophene rings is 1. The van der Waals surface area contributed by atoms with Crippen LogP contribution in [0, 0.1) is 5.41 Å². The molecule has 0 aliphatic heterocycles. The molecule has 1 aromatic rings. The Labute approximate surface area is 107 Å². The molecule has 0 saturated carbocycles. The number of hydrogen-bond acceptors (Lipinski definition) is 4. The van der Waals surface area contributed by atoms with Crippen LogP contribution in [-0.4, -0.2) is 22.0 Å². The number of nitrogens with one attached hydrogen (secondary N) is 2. The molecule has 0 unspecified atom stereocenters. The predicted molar refractivity (Wildman–Crippen MR) is 71.7 cm³/mol. The summed E-state index contributed by atoms with van der Waals surface area (Å²) in [6.07, 6.45) is 0. The van der Waals surface area contributed by atoms with Crippen molar-refractivity contribution in [1.29, 1.82) is 0 Å². The zero-order valence-corrected chi connectivity index (χ0v) is 12.3. The van der Waals surface area contributed by atoms with Crippen molar-refractivity contribution in [2.75, 3.05) is 13.6 Å². The minimum atomic E-state index is -3.36. The number of sulfonamides is 1. The summed E-state index contributed by atoms with van der Waals surface area (Å²) in [5.74, 6) is 0. The van der Waals surface area contributed by atoms with Gasteiger partial charge in [-0.15, -0.1) is 11.3 Å². The molecule has 0 fully saturated rings. The van der Waals surface area contributed by atoms with Crippen molar-refractivity contribution in [3.05, 3.63) is 16.3 Å². The minimum Gasteiger partial charge on any atom is -0.315 e. The van der Waals surface area contributed by atoms with Gasteiger partial charge in [-0.3, -0.25) is 0 Å². The molecule has 0 aromatic carbocycles. The van der Waals surface area contributed by atoms with Crippen LogP contribution in [0.2, 0.25) is 0 Å². The first-order valence-corrected chi connectivity index (χ1v) is 7.82. The van der Waals surface area contributed by atoms with Crippen LogP contribution in [0.4, 0.5) is 0 Å². The molecule has 0 radical (unpaired) electrons. The minimum absolute atomic E-state index is 0.0586. The van der Waals surface area contributed by atoms with Crippen LogP contribution in [-0.2, 0) is 16.6 Å². The van der Waals surface area contributed by atoms with Gasteiger partial charge in [0, 0.05) is 23.3 Å². The van der Waals surface area contributed by atoms with Gasteiger partial charge in [0.15, 0.2) is 0 Å². The Morgan fingerprint density at radius 3 is 2.53 bits per heavy atom. The summed E-state index contributed by atoms with van der Waals surface area (Å²) in [4.78, 5) is 1.38. The number of hydrogen-bond donors (Lipinski definition) is 2. The topological polar surface area (TPSA) is 58.2 Å². The average molecular weight is 276 g/mol. The SMILES string of the molecule is CNCc1cc(S(=O)(=O)NCC(C)(C)C)cs1. The Kier molecular flexibility index (Phi) is 4.71. The molecule has 0 bridgehead atoms. The van der Waals surface area contributed by atoms with E-state index in [1.54, 1.807) is 11.4 Å². The highest BCUT2D eigenvalue weighted by Gasteiger charge is 2.19. The zero-order valence-electron chi connectivity index (χ0n) is 10.7. The fourth-order valence-corrected chi connectivity index (χ4v) is 3.73. The largest absolute Gasteiger partial charge is 0.315 e. The second kappa shape index (κ2) is 5.48. The Balaban J connectivity index is 2.75. The lowest BCUT2D eigenvalue weighted by Gasteiger charge is -2.18. The molecule has 98 valence electrons. The van der Waals surface area contributed by atoms with Crippen molar-refractivity contribution < 1.29 is 8.42 Å². The number of rotatable bonds is 5. The third kappa shape index (κ3) is 4.75. The van der Waals surface area contributed by atoms with Gasteiger partial charge in [0.25, 0.3) is 0 Å². The van der Waals surface area contributed by atoms with Crippen LogP contribution in [0.1, 0.15) is 25.6 Å². The lowest BCUT2D eigenvalue weighted by atomic mass is 9.98. The molecule has 6 heteroatoms. The van der Waals surface area contributed by atoms with Gasteiger partial charge in [-0.1, -0.05) is 20.8 Å². The van der Waals surface area contributed by atoms with Gasteiger partial charge in [0.2, 0.25) is 10.0 Å². The maximum atomic E-state index is 12.0. The van der Waals surface area contributed by atoms with Crippen molar-refractivity contribution in [1.82, 2.24) is 10.0 Å². The van der Waals surface area contributed by atoms with E-state index < -0.39 is 10.0 Å². The van der Waals surface area contributed by atoms with E-state index in [-0.39, 0.29) is 5.41 Å². The van der Waals surface area contributed by atoms with Crippen LogP contribution in [0.25, 0.3) is 0 Å². The summed E-state index contributed by atoms with van der Waals surface area (Å²) >= 11 is 1.45. The lowest BCUT2D eigenvalue weighted by molar-refractivity contribution is 0.407. The third-order valence-electron chi connectivity index (χ3n) is 2.08. The summed E-state index contributed by atoms with van der Waals surface area (Å²) in [5, 5.41) is 4.68. The highest BCUT2D eigenvalue weighted by atomic mass is 32.2. The maximum Gasteiger partial charge on any atom is 0.241 e. The van der Waals surface area contributed by atoms with Gasteiger partial charge in [-0.25, -0.2) is 13.1 Å². The Morgan fingerprint density at radius 2 is 2.00 bits per heavy atom. The van der Waals surface area contributed by atoms with Crippen molar-refractivity contribution in [2.45, 2.75) is 32.2 Å². The van der Waals surface area contributed by atoms with E-state index in [0.29, 0.717) is 18.0 Å². The van der Waals surface area contributed by atoms with Crippen molar-refractivity contribution >= 4 is 21.4 Å². The molecule has 0 spiro atoms. The van der Waals surface area contributed by atoms with Gasteiger partial charge < -0.3 is 5.32 Å². The quantitative estimate of drug-likeness (QED) is 0.862. The molecule has 2 N–H and O–H groups in total. The Hall–Kier alpha value is -0.430. The molecule has 0 amide bonds. The van der Waals surface area contributed by atoms with Crippen LogP contribution < -0.4 is 10.0 Å². The standard InChI is InChI=1S/C11H20N2O2S2/c1-11(2,3)8-13-17(14,15)10-5-9(6-12-4)16-7-10/h5,7,12-13H,6,8H2,1-4H3. The zero-order chi connectivity index (χ0) is 13.1. The van der Waals surface area contributed by atoms with Crippen molar-refractivity contribution in [3.8, 4) is 0 Å². The van der Waals surface area contributed by atoms with Crippen LogP contribution in [0.15, 0.2) is 16.3 Å². The summed E-state index contributed by atoms with van der Waals surface area (Å²) in [5.41, 5.74) is -0.0586. The third-order valence-corrected chi connectivity index (χ3v) is 4.55. The molecular formula is C11H20N2O2S2. The van der Waals surface area contributed by atoms with Crippen LogP contribution >= 0.6 is 11.3 Å². The van der Waals surface area contributed by atoms with E-state index in [0.717, 1.165) is 4.88 Å². The first-order valence-electron chi connectivity index (χ1n) is 5.46.